The summed E-state index contributed by atoms with van der Waals surface area (Å²) < 4.78 is 0. The number of carbonyl (C=O) groups is 1. The van der Waals surface area contributed by atoms with E-state index in [-0.39, 0.29) is 11.8 Å². The van der Waals surface area contributed by atoms with Gasteiger partial charge in [-0.25, -0.2) is 5.43 Å². The number of nitriles is 1. The SMILES string of the molecule is CC1CC(=O)NN=C1c1ccc(NN=Cc2cccc(C#N)c2)cc1. The standard InChI is InChI=1S/C19H17N5O/c1-13-9-18(25)23-24-19(13)16-5-7-17(8-6-16)22-21-12-15-4-2-3-14(10-15)11-20/h2-8,10,12-13,22H,9H2,1H3,(H,23,25). The molecule has 1 heterocycles. The van der Waals surface area contributed by atoms with Crippen molar-refractivity contribution in [2.24, 2.45) is 16.1 Å². The highest BCUT2D eigenvalue weighted by Gasteiger charge is 2.21. The highest BCUT2D eigenvalue weighted by atomic mass is 16.2. The molecule has 0 saturated carbocycles. The summed E-state index contributed by atoms with van der Waals surface area (Å²) in [5, 5.41) is 17.2. The average Bonchev–Trinajstić information content (AvgIpc) is 2.63. The number of rotatable bonds is 4. The van der Waals surface area contributed by atoms with Gasteiger partial charge in [0, 0.05) is 12.3 Å². The normalized spacial score (nSPS) is 16.9. The van der Waals surface area contributed by atoms with Crippen LogP contribution in [-0.2, 0) is 4.79 Å². The van der Waals surface area contributed by atoms with Crippen LogP contribution < -0.4 is 10.9 Å². The molecule has 2 aromatic rings. The summed E-state index contributed by atoms with van der Waals surface area (Å²) >= 11 is 0. The van der Waals surface area contributed by atoms with Gasteiger partial charge in [-0.1, -0.05) is 31.2 Å². The van der Waals surface area contributed by atoms with E-state index in [1.54, 1.807) is 18.3 Å². The molecule has 6 heteroatoms. The van der Waals surface area contributed by atoms with Crippen molar-refractivity contribution in [1.29, 1.82) is 5.26 Å². The smallest absolute Gasteiger partial charge is 0.240 e. The topological polar surface area (TPSA) is 89.6 Å². The van der Waals surface area contributed by atoms with Crippen LogP contribution in [0.1, 0.15) is 30.0 Å². The third-order valence-corrected chi connectivity index (χ3v) is 3.86. The second-order valence-electron chi connectivity index (χ2n) is 5.82. The quantitative estimate of drug-likeness (QED) is 0.667. The number of amides is 1. The summed E-state index contributed by atoms with van der Waals surface area (Å²) in [5.41, 5.74) is 9.62. The zero-order valence-corrected chi connectivity index (χ0v) is 13.7. The summed E-state index contributed by atoms with van der Waals surface area (Å²) in [5.74, 6) is 0.0438. The van der Waals surface area contributed by atoms with Crippen molar-refractivity contribution < 1.29 is 4.79 Å². The molecule has 0 bridgehead atoms. The van der Waals surface area contributed by atoms with E-state index >= 15 is 0 Å². The van der Waals surface area contributed by atoms with E-state index in [2.05, 4.69) is 27.1 Å². The monoisotopic (exact) mass is 331 g/mol. The molecule has 1 atom stereocenters. The lowest BCUT2D eigenvalue weighted by atomic mass is 9.94. The van der Waals surface area contributed by atoms with Crippen LogP contribution in [-0.4, -0.2) is 17.8 Å². The van der Waals surface area contributed by atoms with Crippen LogP contribution >= 0.6 is 0 Å². The number of hydrogen-bond acceptors (Lipinski definition) is 5. The lowest BCUT2D eigenvalue weighted by Crippen LogP contribution is -2.31. The number of nitrogens with one attached hydrogen (secondary N) is 2. The first-order valence-electron chi connectivity index (χ1n) is 7.92. The highest BCUT2D eigenvalue weighted by Crippen LogP contribution is 2.18. The lowest BCUT2D eigenvalue weighted by Gasteiger charge is -2.19. The molecule has 0 aromatic heterocycles. The summed E-state index contributed by atoms with van der Waals surface area (Å²) in [6.45, 7) is 1.99. The van der Waals surface area contributed by atoms with Gasteiger partial charge in [0.2, 0.25) is 5.91 Å². The van der Waals surface area contributed by atoms with Crippen molar-refractivity contribution >= 4 is 23.5 Å². The van der Waals surface area contributed by atoms with E-state index in [0.29, 0.717) is 12.0 Å². The fourth-order valence-electron chi connectivity index (χ4n) is 2.59. The molecule has 1 amide bonds. The molecular weight excluding hydrogens is 314 g/mol. The van der Waals surface area contributed by atoms with E-state index in [1.165, 1.54) is 0 Å². The number of carbonyl (C=O) groups excluding carboxylic acids is 1. The Morgan fingerprint density at radius 2 is 2.12 bits per heavy atom. The van der Waals surface area contributed by atoms with Crippen LogP contribution in [0.5, 0.6) is 0 Å². The summed E-state index contributed by atoms with van der Waals surface area (Å²) in [7, 11) is 0. The number of nitrogens with zero attached hydrogens (tertiary/aromatic N) is 3. The summed E-state index contributed by atoms with van der Waals surface area (Å²) in [4.78, 5) is 11.3. The molecule has 1 aliphatic heterocycles. The van der Waals surface area contributed by atoms with Gasteiger partial charge in [0.05, 0.1) is 29.2 Å². The van der Waals surface area contributed by atoms with Gasteiger partial charge in [-0.15, -0.1) is 0 Å². The first-order valence-corrected chi connectivity index (χ1v) is 7.92. The molecule has 0 spiro atoms. The second-order valence-corrected chi connectivity index (χ2v) is 5.82. The Bertz CT molecular complexity index is 877. The lowest BCUT2D eigenvalue weighted by molar-refractivity contribution is -0.121. The molecule has 1 aliphatic rings. The van der Waals surface area contributed by atoms with Gasteiger partial charge >= 0.3 is 0 Å². The largest absolute Gasteiger partial charge is 0.279 e. The van der Waals surface area contributed by atoms with Gasteiger partial charge in [0.15, 0.2) is 0 Å². The molecule has 1 unspecified atom stereocenters. The van der Waals surface area contributed by atoms with Crippen LogP contribution in [0.2, 0.25) is 0 Å². The first kappa shape index (κ1) is 16.4. The number of hydrogen-bond donors (Lipinski definition) is 2. The molecule has 0 fully saturated rings. The van der Waals surface area contributed by atoms with Gasteiger partial charge in [0.1, 0.15) is 0 Å². The Kier molecular flexibility index (Phi) is 4.86. The third kappa shape index (κ3) is 4.09. The van der Waals surface area contributed by atoms with Crippen LogP contribution in [0.15, 0.2) is 58.7 Å². The fraction of sp³-hybridized carbons (Fsp3) is 0.158. The molecule has 124 valence electrons. The predicted molar refractivity (Wildman–Crippen MR) is 97.3 cm³/mol. The van der Waals surface area contributed by atoms with Crippen LogP contribution in [0, 0.1) is 17.2 Å². The minimum absolute atomic E-state index is 0.0515. The Labute approximate surface area is 145 Å². The molecule has 2 N–H and O–H groups in total. The summed E-state index contributed by atoms with van der Waals surface area (Å²) in [6, 6.07) is 17.0. The van der Waals surface area contributed by atoms with Crippen molar-refractivity contribution in [1.82, 2.24) is 5.43 Å². The predicted octanol–water partition coefficient (Wildman–Crippen LogP) is 2.86. The first-order chi connectivity index (χ1) is 12.2. The molecule has 0 aliphatic carbocycles. The second kappa shape index (κ2) is 7.41. The molecule has 6 nitrogen and oxygen atoms in total. The maximum absolute atomic E-state index is 11.3. The van der Waals surface area contributed by atoms with E-state index in [9.17, 15) is 4.79 Å². The van der Waals surface area contributed by atoms with Crippen LogP contribution in [0.4, 0.5) is 5.69 Å². The van der Waals surface area contributed by atoms with E-state index in [0.717, 1.165) is 22.5 Å². The number of hydrazone groups is 2. The highest BCUT2D eigenvalue weighted by molar-refractivity contribution is 6.05. The average molecular weight is 331 g/mol. The molecular formula is C19H17N5O. The Hall–Kier alpha value is -3.46. The van der Waals surface area contributed by atoms with Crippen molar-refractivity contribution in [3.05, 3.63) is 65.2 Å². The van der Waals surface area contributed by atoms with E-state index < -0.39 is 0 Å². The molecule has 2 aromatic carbocycles. The minimum atomic E-state index is -0.0515. The van der Waals surface area contributed by atoms with Gasteiger partial charge in [-0.3, -0.25) is 10.2 Å². The number of anilines is 1. The van der Waals surface area contributed by atoms with Crippen molar-refractivity contribution in [3.8, 4) is 6.07 Å². The zero-order valence-electron chi connectivity index (χ0n) is 13.7. The zero-order chi connectivity index (χ0) is 17.6. The minimum Gasteiger partial charge on any atom is -0.279 e. The van der Waals surface area contributed by atoms with Crippen LogP contribution in [0.3, 0.4) is 0 Å². The van der Waals surface area contributed by atoms with Gasteiger partial charge < -0.3 is 0 Å². The van der Waals surface area contributed by atoms with Gasteiger partial charge in [0.25, 0.3) is 0 Å². The van der Waals surface area contributed by atoms with E-state index in [4.69, 9.17) is 5.26 Å². The van der Waals surface area contributed by atoms with Crippen LogP contribution in [0.25, 0.3) is 0 Å². The Balaban J connectivity index is 1.66. The van der Waals surface area contributed by atoms with Gasteiger partial charge in [-0.2, -0.15) is 15.5 Å². The molecule has 25 heavy (non-hydrogen) atoms. The molecule has 0 radical (unpaired) electrons. The van der Waals surface area contributed by atoms with Crippen molar-refractivity contribution in [3.63, 3.8) is 0 Å². The maximum atomic E-state index is 11.3. The molecule has 0 saturated heterocycles. The van der Waals surface area contributed by atoms with Crippen molar-refractivity contribution in [2.45, 2.75) is 13.3 Å². The van der Waals surface area contributed by atoms with Gasteiger partial charge in [-0.05, 0) is 35.4 Å². The van der Waals surface area contributed by atoms with E-state index in [1.807, 2.05) is 43.3 Å². The number of benzene rings is 2. The Morgan fingerprint density at radius 3 is 2.84 bits per heavy atom. The van der Waals surface area contributed by atoms with Crippen molar-refractivity contribution in [2.75, 3.05) is 5.43 Å². The third-order valence-electron chi connectivity index (χ3n) is 3.86. The molecule has 3 rings (SSSR count). The Morgan fingerprint density at radius 1 is 1.32 bits per heavy atom. The fourth-order valence-corrected chi connectivity index (χ4v) is 2.59. The maximum Gasteiger partial charge on any atom is 0.240 e. The summed E-state index contributed by atoms with van der Waals surface area (Å²) in [6.07, 6.45) is 2.11.